The first-order valence-corrected chi connectivity index (χ1v) is 8.77. The lowest BCUT2D eigenvalue weighted by Gasteiger charge is -2.30. The van der Waals surface area contributed by atoms with Gasteiger partial charge in [-0.25, -0.2) is 12.7 Å². The van der Waals surface area contributed by atoms with Gasteiger partial charge in [-0.2, -0.15) is 11.8 Å². The molecule has 1 aliphatic rings. The number of sulfonamides is 1. The number of hydrogen-bond acceptors (Lipinski definition) is 4. The van der Waals surface area contributed by atoms with Gasteiger partial charge < -0.3 is 5.73 Å². The van der Waals surface area contributed by atoms with Crippen LogP contribution in [0.4, 0.5) is 0 Å². The highest BCUT2D eigenvalue weighted by molar-refractivity contribution is 7.99. The van der Waals surface area contributed by atoms with Crippen molar-refractivity contribution in [3.63, 3.8) is 0 Å². The van der Waals surface area contributed by atoms with E-state index in [0.29, 0.717) is 19.0 Å². The van der Waals surface area contributed by atoms with Gasteiger partial charge >= 0.3 is 0 Å². The van der Waals surface area contributed by atoms with E-state index in [2.05, 4.69) is 0 Å². The van der Waals surface area contributed by atoms with Crippen molar-refractivity contribution >= 4 is 21.8 Å². The van der Waals surface area contributed by atoms with E-state index in [9.17, 15) is 8.42 Å². The second-order valence-electron chi connectivity index (χ2n) is 4.35. The molecule has 2 N–H and O–H groups in total. The summed E-state index contributed by atoms with van der Waals surface area (Å²) in [5, 5.41) is 0. The van der Waals surface area contributed by atoms with E-state index in [-0.39, 0.29) is 0 Å². The van der Waals surface area contributed by atoms with Gasteiger partial charge in [-0.3, -0.25) is 0 Å². The summed E-state index contributed by atoms with van der Waals surface area (Å²) in [6, 6.07) is 0. The van der Waals surface area contributed by atoms with Crippen molar-refractivity contribution in [2.75, 3.05) is 37.4 Å². The van der Waals surface area contributed by atoms with Crippen LogP contribution >= 0.6 is 11.8 Å². The number of thioether (sulfide) groups is 1. The molecule has 4 nitrogen and oxygen atoms in total. The summed E-state index contributed by atoms with van der Waals surface area (Å²) >= 11 is 1.90. The van der Waals surface area contributed by atoms with Crippen LogP contribution in [-0.2, 0) is 10.0 Å². The first-order chi connectivity index (χ1) is 7.54. The van der Waals surface area contributed by atoms with Gasteiger partial charge in [0, 0.05) is 13.1 Å². The Bertz CT molecular complexity index is 293. The van der Waals surface area contributed by atoms with Crippen molar-refractivity contribution < 1.29 is 8.42 Å². The second kappa shape index (κ2) is 6.83. The third-order valence-electron chi connectivity index (χ3n) is 2.80. The molecular formula is C10H22N2O2S2. The molecule has 0 bridgehead atoms. The molecule has 0 aromatic carbocycles. The lowest BCUT2D eigenvalue weighted by Crippen LogP contribution is -2.39. The molecule has 1 rings (SSSR count). The molecule has 0 aromatic heterocycles. The standard InChI is InChI=1S/C10H22N2O2S2/c1-16(13,14)12-6-2-4-10(8-12)9-15-7-3-5-11/h10H,2-9,11H2,1H3. The van der Waals surface area contributed by atoms with E-state index in [1.807, 2.05) is 11.8 Å². The van der Waals surface area contributed by atoms with Crippen LogP contribution in [0.1, 0.15) is 19.3 Å². The molecule has 0 spiro atoms. The Kier molecular flexibility index (Phi) is 6.10. The molecular weight excluding hydrogens is 244 g/mol. The predicted octanol–water partition coefficient (Wildman–Crippen LogP) is 0.740. The van der Waals surface area contributed by atoms with Gasteiger partial charge in [0.2, 0.25) is 10.0 Å². The number of nitrogens with zero attached hydrogens (tertiary/aromatic N) is 1. The van der Waals surface area contributed by atoms with Gasteiger partial charge in [-0.15, -0.1) is 0 Å². The first kappa shape index (κ1) is 14.3. The highest BCUT2D eigenvalue weighted by atomic mass is 32.2. The number of nitrogens with two attached hydrogens (primary N) is 1. The molecule has 0 aliphatic carbocycles. The Hall–Kier alpha value is 0.220. The van der Waals surface area contributed by atoms with Gasteiger partial charge in [-0.05, 0) is 43.2 Å². The second-order valence-corrected chi connectivity index (χ2v) is 7.48. The van der Waals surface area contributed by atoms with Crippen molar-refractivity contribution in [1.29, 1.82) is 0 Å². The Morgan fingerprint density at radius 2 is 2.25 bits per heavy atom. The fourth-order valence-corrected chi connectivity index (χ4v) is 3.98. The van der Waals surface area contributed by atoms with Crippen LogP contribution in [0.5, 0.6) is 0 Å². The van der Waals surface area contributed by atoms with E-state index < -0.39 is 10.0 Å². The van der Waals surface area contributed by atoms with Gasteiger partial charge in [0.15, 0.2) is 0 Å². The van der Waals surface area contributed by atoms with Gasteiger partial charge in [0.05, 0.1) is 6.26 Å². The topological polar surface area (TPSA) is 63.4 Å². The zero-order valence-corrected chi connectivity index (χ0v) is 11.5. The summed E-state index contributed by atoms with van der Waals surface area (Å²) in [4.78, 5) is 0. The minimum Gasteiger partial charge on any atom is -0.330 e. The SMILES string of the molecule is CS(=O)(=O)N1CCCC(CSCCCN)C1. The van der Waals surface area contributed by atoms with Gasteiger partial charge in [0.1, 0.15) is 0 Å². The molecule has 0 radical (unpaired) electrons. The molecule has 1 unspecified atom stereocenters. The maximum Gasteiger partial charge on any atom is 0.211 e. The summed E-state index contributed by atoms with van der Waals surface area (Å²) in [5.74, 6) is 2.67. The summed E-state index contributed by atoms with van der Waals surface area (Å²) < 4.78 is 24.4. The fraction of sp³-hybridized carbons (Fsp3) is 1.00. The monoisotopic (exact) mass is 266 g/mol. The Balaban J connectivity index is 2.28. The largest absolute Gasteiger partial charge is 0.330 e. The maximum absolute atomic E-state index is 11.4. The molecule has 0 saturated carbocycles. The van der Waals surface area contributed by atoms with Crippen LogP contribution in [0.3, 0.4) is 0 Å². The van der Waals surface area contributed by atoms with Crippen LogP contribution in [0.15, 0.2) is 0 Å². The molecule has 1 aliphatic heterocycles. The summed E-state index contributed by atoms with van der Waals surface area (Å²) in [6.07, 6.45) is 4.50. The van der Waals surface area contributed by atoms with Crippen molar-refractivity contribution in [2.24, 2.45) is 11.7 Å². The zero-order valence-electron chi connectivity index (χ0n) is 9.89. The Morgan fingerprint density at radius 1 is 1.50 bits per heavy atom. The van der Waals surface area contributed by atoms with Crippen LogP contribution in [0.2, 0.25) is 0 Å². The Morgan fingerprint density at radius 3 is 2.88 bits per heavy atom. The highest BCUT2D eigenvalue weighted by Gasteiger charge is 2.25. The molecule has 0 aromatic rings. The minimum atomic E-state index is -2.99. The predicted molar refractivity (Wildman–Crippen MR) is 70.1 cm³/mol. The highest BCUT2D eigenvalue weighted by Crippen LogP contribution is 2.22. The van der Waals surface area contributed by atoms with Crippen LogP contribution in [0, 0.1) is 5.92 Å². The maximum atomic E-state index is 11.4. The lowest BCUT2D eigenvalue weighted by atomic mass is 10.0. The van der Waals surface area contributed by atoms with E-state index >= 15 is 0 Å². The van der Waals surface area contributed by atoms with Crippen molar-refractivity contribution in [2.45, 2.75) is 19.3 Å². The van der Waals surface area contributed by atoms with Crippen LogP contribution in [0.25, 0.3) is 0 Å². The van der Waals surface area contributed by atoms with E-state index in [0.717, 1.165) is 37.3 Å². The first-order valence-electron chi connectivity index (χ1n) is 5.77. The average Bonchev–Trinajstić information content (AvgIpc) is 2.24. The van der Waals surface area contributed by atoms with Crippen LogP contribution in [-0.4, -0.2) is 50.1 Å². The average molecular weight is 266 g/mol. The number of hydrogen-bond donors (Lipinski definition) is 1. The quantitative estimate of drug-likeness (QED) is 0.720. The molecule has 1 heterocycles. The molecule has 1 fully saturated rings. The van der Waals surface area contributed by atoms with Crippen molar-refractivity contribution in [3.8, 4) is 0 Å². The zero-order chi connectivity index (χ0) is 12.0. The minimum absolute atomic E-state index is 0.520. The van der Waals surface area contributed by atoms with E-state index in [1.54, 1.807) is 4.31 Å². The molecule has 0 amide bonds. The summed E-state index contributed by atoms with van der Waals surface area (Å²) in [5.41, 5.74) is 5.43. The van der Waals surface area contributed by atoms with Crippen molar-refractivity contribution in [3.05, 3.63) is 0 Å². The lowest BCUT2D eigenvalue weighted by molar-refractivity contribution is 0.286. The van der Waals surface area contributed by atoms with Crippen LogP contribution < -0.4 is 5.73 Å². The normalized spacial score (nSPS) is 23.5. The molecule has 1 saturated heterocycles. The summed E-state index contributed by atoms with van der Waals surface area (Å²) in [6.45, 7) is 2.14. The molecule has 6 heteroatoms. The third-order valence-corrected chi connectivity index (χ3v) is 5.35. The molecule has 1 atom stereocenters. The van der Waals surface area contributed by atoms with E-state index in [4.69, 9.17) is 5.73 Å². The van der Waals surface area contributed by atoms with E-state index in [1.165, 1.54) is 6.26 Å². The van der Waals surface area contributed by atoms with Gasteiger partial charge in [-0.1, -0.05) is 0 Å². The smallest absolute Gasteiger partial charge is 0.211 e. The molecule has 96 valence electrons. The van der Waals surface area contributed by atoms with Crippen molar-refractivity contribution in [1.82, 2.24) is 4.31 Å². The number of rotatable bonds is 6. The fourth-order valence-electron chi connectivity index (χ4n) is 1.90. The molecule has 16 heavy (non-hydrogen) atoms. The number of piperidine rings is 1. The Labute approximate surface area is 103 Å². The summed E-state index contributed by atoms with van der Waals surface area (Å²) in [7, 11) is -2.99. The van der Waals surface area contributed by atoms with Gasteiger partial charge in [0.25, 0.3) is 0 Å². The third kappa shape index (κ3) is 5.03.